The van der Waals surface area contributed by atoms with Crippen LogP contribution in [0.15, 0.2) is 46.0 Å². The number of sulfonamides is 1. The third-order valence-electron chi connectivity index (χ3n) is 4.94. The van der Waals surface area contributed by atoms with Crippen molar-refractivity contribution in [3.05, 3.63) is 56.9 Å². The fraction of sp³-hybridized carbons (Fsp3) is 0.300. The fourth-order valence-electron chi connectivity index (χ4n) is 3.50. The summed E-state index contributed by atoms with van der Waals surface area (Å²) in [5.41, 5.74) is 1.35. The van der Waals surface area contributed by atoms with Crippen molar-refractivity contribution in [3.63, 3.8) is 0 Å². The quantitative estimate of drug-likeness (QED) is 0.472. The SMILES string of the molecule is O=C(CCc1nc(-c2cccc(F)c2)cs1)[C@@H]1CCCN1S(=O)(=O)c1ccc(Cl)s1. The van der Waals surface area contributed by atoms with Gasteiger partial charge in [0, 0.05) is 30.3 Å². The smallest absolute Gasteiger partial charge is 0.253 e. The Morgan fingerprint density at radius 1 is 1.30 bits per heavy atom. The average molecular weight is 485 g/mol. The Hall–Kier alpha value is -1.65. The molecule has 1 aromatic carbocycles. The molecule has 4 rings (SSSR count). The minimum absolute atomic E-state index is 0.110. The third kappa shape index (κ3) is 4.50. The second kappa shape index (κ2) is 8.84. The Kier molecular flexibility index (Phi) is 6.36. The van der Waals surface area contributed by atoms with Crippen LogP contribution in [0.3, 0.4) is 0 Å². The van der Waals surface area contributed by atoms with Crippen molar-refractivity contribution in [1.82, 2.24) is 9.29 Å². The van der Waals surface area contributed by atoms with E-state index in [2.05, 4.69) is 4.98 Å². The number of carbonyl (C=O) groups is 1. The van der Waals surface area contributed by atoms with Gasteiger partial charge in [0.1, 0.15) is 10.0 Å². The molecule has 2 aromatic heterocycles. The summed E-state index contributed by atoms with van der Waals surface area (Å²) in [6.07, 6.45) is 1.80. The summed E-state index contributed by atoms with van der Waals surface area (Å²) in [6, 6.07) is 8.58. The fourth-order valence-corrected chi connectivity index (χ4v) is 7.60. The van der Waals surface area contributed by atoms with Crippen molar-refractivity contribution >= 4 is 50.1 Å². The summed E-state index contributed by atoms with van der Waals surface area (Å²) in [5, 5.41) is 2.60. The van der Waals surface area contributed by atoms with Gasteiger partial charge in [0.05, 0.1) is 21.1 Å². The summed E-state index contributed by atoms with van der Waals surface area (Å²) in [6.45, 7) is 0.329. The van der Waals surface area contributed by atoms with Gasteiger partial charge in [-0.05, 0) is 37.1 Å². The summed E-state index contributed by atoms with van der Waals surface area (Å²) in [5.74, 6) is -0.437. The molecule has 0 unspecified atom stereocenters. The van der Waals surface area contributed by atoms with Crippen molar-refractivity contribution in [2.75, 3.05) is 6.54 Å². The molecular weight excluding hydrogens is 467 g/mol. The molecule has 1 saturated heterocycles. The van der Waals surface area contributed by atoms with Crippen LogP contribution in [0.25, 0.3) is 11.3 Å². The molecule has 0 bridgehead atoms. The van der Waals surface area contributed by atoms with Gasteiger partial charge in [-0.2, -0.15) is 4.31 Å². The number of aromatic nitrogens is 1. The highest BCUT2D eigenvalue weighted by molar-refractivity contribution is 7.91. The van der Waals surface area contributed by atoms with Crippen LogP contribution in [0.4, 0.5) is 4.39 Å². The first-order valence-electron chi connectivity index (χ1n) is 9.35. The maximum Gasteiger partial charge on any atom is 0.253 e. The molecule has 1 aliphatic rings. The van der Waals surface area contributed by atoms with E-state index in [1.807, 2.05) is 5.38 Å². The number of ketones is 1. The Morgan fingerprint density at radius 2 is 2.13 bits per heavy atom. The van der Waals surface area contributed by atoms with Crippen molar-refractivity contribution in [2.45, 2.75) is 35.9 Å². The molecule has 5 nitrogen and oxygen atoms in total. The van der Waals surface area contributed by atoms with Crippen LogP contribution in [0.5, 0.6) is 0 Å². The lowest BCUT2D eigenvalue weighted by Gasteiger charge is -2.22. The van der Waals surface area contributed by atoms with E-state index >= 15 is 0 Å². The number of rotatable bonds is 7. The van der Waals surface area contributed by atoms with Crippen LogP contribution >= 0.6 is 34.3 Å². The normalized spacial score (nSPS) is 17.5. The van der Waals surface area contributed by atoms with Crippen LogP contribution < -0.4 is 0 Å². The zero-order valence-corrected chi connectivity index (χ0v) is 19.0. The van der Waals surface area contributed by atoms with Crippen LogP contribution in [-0.4, -0.2) is 36.1 Å². The maximum absolute atomic E-state index is 13.4. The number of nitrogens with zero attached hydrogens (tertiary/aromatic N) is 2. The highest BCUT2D eigenvalue weighted by Crippen LogP contribution is 2.33. The molecular formula is C20H18ClFN2O3S3. The molecule has 158 valence electrons. The monoisotopic (exact) mass is 484 g/mol. The maximum atomic E-state index is 13.4. The average Bonchev–Trinajstić information content (AvgIpc) is 3.46. The topological polar surface area (TPSA) is 67.3 Å². The summed E-state index contributed by atoms with van der Waals surface area (Å²) < 4.78 is 41.1. The Balaban J connectivity index is 1.43. The predicted octanol–water partition coefficient (Wildman–Crippen LogP) is 5.02. The van der Waals surface area contributed by atoms with Crippen LogP contribution in [0.2, 0.25) is 4.34 Å². The summed E-state index contributed by atoms with van der Waals surface area (Å²) >= 11 is 8.29. The van der Waals surface area contributed by atoms with Crippen molar-refractivity contribution < 1.29 is 17.6 Å². The number of aryl methyl sites for hydroxylation is 1. The Labute approximate surface area is 187 Å². The van der Waals surface area contributed by atoms with Crippen LogP contribution in [-0.2, 0) is 21.2 Å². The Bertz CT molecular complexity index is 1180. The molecule has 1 fully saturated rings. The number of benzene rings is 1. The minimum atomic E-state index is -3.73. The molecule has 1 atom stereocenters. The lowest BCUT2D eigenvalue weighted by atomic mass is 10.1. The third-order valence-corrected chi connectivity index (χ3v) is 9.46. The zero-order chi connectivity index (χ0) is 21.3. The second-order valence-corrected chi connectivity index (χ2v) is 11.7. The number of hydrogen-bond donors (Lipinski definition) is 0. The Morgan fingerprint density at radius 3 is 2.87 bits per heavy atom. The molecule has 10 heteroatoms. The molecule has 1 aliphatic heterocycles. The number of hydrogen-bond acceptors (Lipinski definition) is 6. The van der Waals surface area contributed by atoms with Gasteiger partial charge in [-0.3, -0.25) is 4.79 Å². The number of carbonyl (C=O) groups excluding carboxylic acids is 1. The van der Waals surface area contributed by atoms with E-state index in [1.165, 1.54) is 33.8 Å². The lowest BCUT2D eigenvalue weighted by Crippen LogP contribution is -2.40. The van der Waals surface area contributed by atoms with E-state index in [-0.39, 0.29) is 22.2 Å². The first-order chi connectivity index (χ1) is 14.3. The zero-order valence-electron chi connectivity index (χ0n) is 15.8. The first-order valence-corrected chi connectivity index (χ1v) is 12.9. The van der Waals surface area contributed by atoms with Gasteiger partial charge in [-0.25, -0.2) is 17.8 Å². The van der Waals surface area contributed by atoms with E-state index in [9.17, 15) is 17.6 Å². The first kappa shape index (κ1) is 21.6. The summed E-state index contributed by atoms with van der Waals surface area (Å²) in [7, 11) is -3.73. The standard InChI is InChI=1S/C20H18ClFN2O3S3/c21-18-7-9-20(29-18)30(26,27)24-10-2-5-16(24)17(25)6-8-19-23-15(12-28-19)13-3-1-4-14(22)11-13/h1,3-4,7,9,11-12,16H,2,5-6,8,10H2/t16-/m0/s1. The van der Waals surface area contributed by atoms with E-state index < -0.39 is 16.1 Å². The van der Waals surface area contributed by atoms with Gasteiger partial charge in [0.15, 0.2) is 5.78 Å². The molecule has 0 N–H and O–H groups in total. The van der Waals surface area contributed by atoms with Crippen molar-refractivity contribution in [3.8, 4) is 11.3 Å². The van der Waals surface area contributed by atoms with Crippen molar-refractivity contribution in [1.29, 1.82) is 0 Å². The number of Topliss-reactive ketones (excluding diaryl/α,β-unsaturated/α-hetero) is 1. The minimum Gasteiger partial charge on any atom is -0.298 e. The van der Waals surface area contributed by atoms with Crippen LogP contribution in [0, 0.1) is 5.82 Å². The second-order valence-electron chi connectivity index (χ2n) is 6.94. The lowest BCUT2D eigenvalue weighted by molar-refractivity contribution is -0.122. The van der Waals surface area contributed by atoms with Gasteiger partial charge >= 0.3 is 0 Å². The molecule has 0 spiro atoms. The van der Waals surface area contributed by atoms with Gasteiger partial charge in [0.25, 0.3) is 10.0 Å². The van der Waals surface area contributed by atoms with Gasteiger partial charge in [-0.15, -0.1) is 22.7 Å². The largest absolute Gasteiger partial charge is 0.298 e. The van der Waals surface area contributed by atoms with Gasteiger partial charge in [0.2, 0.25) is 0 Å². The molecule has 3 heterocycles. The predicted molar refractivity (Wildman–Crippen MR) is 117 cm³/mol. The molecule has 30 heavy (non-hydrogen) atoms. The molecule has 3 aromatic rings. The summed E-state index contributed by atoms with van der Waals surface area (Å²) in [4.78, 5) is 17.3. The van der Waals surface area contributed by atoms with Crippen LogP contribution in [0.1, 0.15) is 24.3 Å². The molecule has 0 aliphatic carbocycles. The van der Waals surface area contributed by atoms with E-state index in [0.29, 0.717) is 41.4 Å². The van der Waals surface area contributed by atoms with Gasteiger partial charge < -0.3 is 0 Å². The van der Waals surface area contributed by atoms with E-state index in [0.717, 1.165) is 16.3 Å². The molecule has 0 radical (unpaired) electrons. The van der Waals surface area contributed by atoms with E-state index in [1.54, 1.807) is 18.2 Å². The number of thiophene rings is 1. The van der Waals surface area contributed by atoms with Crippen molar-refractivity contribution in [2.24, 2.45) is 0 Å². The van der Waals surface area contributed by atoms with Gasteiger partial charge in [-0.1, -0.05) is 23.7 Å². The highest BCUT2D eigenvalue weighted by atomic mass is 35.5. The number of thiazole rings is 1. The molecule has 0 saturated carbocycles. The number of halogens is 2. The highest BCUT2D eigenvalue weighted by Gasteiger charge is 2.39. The van der Waals surface area contributed by atoms with E-state index in [4.69, 9.17) is 11.6 Å². The molecule has 0 amide bonds.